The normalized spacial score (nSPS) is 32.3. The van der Waals surface area contributed by atoms with E-state index in [0.29, 0.717) is 0 Å². The Bertz CT molecular complexity index is 526. The number of carboxylic acids is 1. The molecular formula is C11H18N4O9. The third kappa shape index (κ3) is 4.52. The van der Waals surface area contributed by atoms with E-state index in [4.69, 9.17) is 20.5 Å². The molecule has 1 fully saturated rings. The topological polar surface area (TPSA) is 226 Å². The van der Waals surface area contributed by atoms with Crippen molar-refractivity contribution < 1.29 is 45.0 Å². The van der Waals surface area contributed by atoms with Crippen LogP contribution in [0.4, 0.5) is 0 Å². The first-order valence-electron chi connectivity index (χ1n) is 6.75. The maximum atomic E-state index is 11.6. The molecule has 0 radical (unpaired) electrons. The first kappa shape index (κ1) is 20.1. The van der Waals surface area contributed by atoms with Gasteiger partial charge in [0, 0.05) is 11.3 Å². The second-order valence-corrected chi connectivity index (χ2v) is 5.17. The number of carboxylic acid groups (broad SMARTS) is 1. The molecule has 0 aromatic carbocycles. The van der Waals surface area contributed by atoms with Gasteiger partial charge in [-0.25, -0.2) is 4.79 Å². The predicted octanol–water partition coefficient (Wildman–Crippen LogP) is -3.58. The van der Waals surface area contributed by atoms with Crippen molar-refractivity contribution in [2.24, 2.45) is 5.11 Å². The van der Waals surface area contributed by atoms with Crippen LogP contribution in [-0.4, -0.2) is 91.9 Å². The molecule has 6 atom stereocenters. The fraction of sp³-hybridized carbons (Fsp3) is 0.818. The highest BCUT2D eigenvalue weighted by molar-refractivity contribution is 5.79. The number of hydrogen-bond acceptors (Lipinski definition) is 9. The number of carbonyl (C=O) groups excluding carboxylic acids is 1. The Morgan fingerprint density at radius 1 is 1.46 bits per heavy atom. The van der Waals surface area contributed by atoms with Crippen LogP contribution in [0.25, 0.3) is 10.4 Å². The third-order valence-corrected chi connectivity index (χ3v) is 3.44. The Labute approximate surface area is 134 Å². The summed E-state index contributed by atoms with van der Waals surface area (Å²) in [5.41, 5.74) is 8.15. The molecule has 13 nitrogen and oxygen atoms in total. The average molecular weight is 350 g/mol. The van der Waals surface area contributed by atoms with E-state index in [1.165, 1.54) is 0 Å². The quantitative estimate of drug-likeness (QED) is 0.137. The Morgan fingerprint density at radius 2 is 2.08 bits per heavy atom. The van der Waals surface area contributed by atoms with E-state index >= 15 is 0 Å². The number of amides is 1. The number of nitrogens with zero attached hydrogens (tertiary/aromatic N) is 3. The van der Waals surface area contributed by atoms with Gasteiger partial charge in [0.15, 0.2) is 0 Å². The molecule has 0 saturated carbocycles. The minimum Gasteiger partial charge on any atom is -0.477 e. The summed E-state index contributed by atoms with van der Waals surface area (Å²) in [5.74, 6) is -5.60. The van der Waals surface area contributed by atoms with E-state index < -0.39 is 67.7 Å². The summed E-state index contributed by atoms with van der Waals surface area (Å²) in [6.45, 7) is -1.57. The lowest BCUT2D eigenvalue weighted by molar-refractivity contribution is -0.295. The molecule has 1 aliphatic heterocycles. The highest BCUT2D eigenvalue weighted by atomic mass is 16.7. The monoisotopic (exact) mass is 350 g/mol. The van der Waals surface area contributed by atoms with Crippen LogP contribution in [0.2, 0.25) is 0 Å². The summed E-state index contributed by atoms with van der Waals surface area (Å²) >= 11 is 0. The summed E-state index contributed by atoms with van der Waals surface area (Å²) in [6.07, 6.45) is -8.03. The van der Waals surface area contributed by atoms with Crippen molar-refractivity contribution in [1.29, 1.82) is 0 Å². The summed E-state index contributed by atoms with van der Waals surface area (Å²) in [4.78, 5) is 25.0. The van der Waals surface area contributed by atoms with Gasteiger partial charge < -0.3 is 40.7 Å². The summed E-state index contributed by atoms with van der Waals surface area (Å²) in [5, 5.41) is 62.3. The number of rotatable bonds is 7. The molecule has 24 heavy (non-hydrogen) atoms. The second-order valence-electron chi connectivity index (χ2n) is 5.17. The van der Waals surface area contributed by atoms with Crippen molar-refractivity contribution in [1.82, 2.24) is 5.32 Å². The largest absolute Gasteiger partial charge is 0.477 e. The summed E-state index contributed by atoms with van der Waals surface area (Å²) in [6, 6.07) is -1.44. The fourth-order valence-electron chi connectivity index (χ4n) is 2.23. The van der Waals surface area contributed by atoms with Gasteiger partial charge in [-0.3, -0.25) is 4.79 Å². The second kappa shape index (κ2) is 8.21. The van der Waals surface area contributed by atoms with Crippen LogP contribution in [0.3, 0.4) is 0 Å². The molecule has 1 heterocycles. The van der Waals surface area contributed by atoms with Crippen molar-refractivity contribution >= 4 is 11.9 Å². The zero-order valence-corrected chi connectivity index (χ0v) is 12.3. The van der Waals surface area contributed by atoms with E-state index in [1.807, 2.05) is 0 Å². The molecule has 13 heteroatoms. The van der Waals surface area contributed by atoms with Crippen molar-refractivity contribution in [3.63, 3.8) is 0 Å². The van der Waals surface area contributed by atoms with Gasteiger partial charge in [-0.1, -0.05) is 5.11 Å². The maximum Gasteiger partial charge on any atom is 0.364 e. The number of nitrogens with one attached hydrogen (secondary N) is 1. The van der Waals surface area contributed by atoms with Gasteiger partial charge in [0.05, 0.1) is 18.8 Å². The van der Waals surface area contributed by atoms with E-state index in [1.54, 1.807) is 0 Å². The average Bonchev–Trinajstić information content (AvgIpc) is 2.53. The van der Waals surface area contributed by atoms with Crippen molar-refractivity contribution in [3.8, 4) is 0 Å². The molecular weight excluding hydrogens is 332 g/mol. The highest BCUT2D eigenvalue weighted by Gasteiger charge is 2.53. The van der Waals surface area contributed by atoms with Crippen LogP contribution in [0.5, 0.6) is 0 Å². The van der Waals surface area contributed by atoms with Crippen LogP contribution in [0, 0.1) is 0 Å². The number of aliphatic hydroxyl groups excluding tert-OH is 4. The Kier molecular flexibility index (Phi) is 6.86. The van der Waals surface area contributed by atoms with Gasteiger partial charge in [-0.05, 0) is 5.53 Å². The summed E-state index contributed by atoms with van der Waals surface area (Å²) < 4.78 is 4.87. The van der Waals surface area contributed by atoms with Crippen LogP contribution in [0.1, 0.15) is 6.42 Å². The first-order valence-corrected chi connectivity index (χ1v) is 6.75. The third-order valence-electron chi connectivity index (χ3n) is 3.44. The fourth-order valence-corrected chi connectivity index (χ4v) is 2.23. The van der Waals surface area contributed by atoms with Gasteiger partial charge in [-0.2, -0.15) is 0 Å². The van der Waals surface area contributed by atoms with Gasteiger partial charge in [-0.15, -0.1) is 0 Å². The molecule has 1 unspecified atom stereocenters. The van der Waals surface area contributed by atoms with Crippen molar-refractivity contribution in [3.05, 3.63) is 10.4 Å². The zero-order valence-electron chi connectivity index (χ0n) is 12.3. The smallest absolute Gasteiger partial charge is 0.364 e. The highest BCUT2D eigenvalue weighted by Crippen LogP contribution is 2.30. The maximum absolute atomic E-state index is 11.6. The lowest BCUT2D eigenvalue weighted by atomic mass is 9.88. The van der Waals surface area contributed by atoms with Crippen LogP contribution < -0.4 is 5.32 Å². The van der Waals surface area contributed by atoms with Crippen molar-refractivity contribution in [2.45, 2.75) is 42.7 Å². The molecule has 0 aromatic heterocycles. The molecule has 0 spiro atoms. The number of carbonyl (C=O) groups is 2. The number of hydrogen-bond donors (Lipinski definition) is 7. The van der Waals surface area contributed by atoms with Crippen molar-refractivity contribution in [2.75, 3.05) is 13.2 Å². The predicted molar refractivity (Wildman–Crippen MR) is 73.1 cm³/mol. The van der Waals surface area contributed by atoms with E-state index in [0.717, 1.165) is 0 Å². The number of aliphatic carboxylic acids is 1. The molecule has 1 rings (SSSR count). The number of aliphatic hydroxyl groups is 5. The first-order chi connectivity index (χ1) is 11.2. The molecule has 0 aliphatic carbocycles. The van der Waals surface area contributed by atoms with Crippen LogP contribution in [0.15, 0.2) is 5.11 Å². The SMILES string of the molecule is [N-]=[N+]=NCC(=O)N[C@H]1[C@H]([C@H](O)[C@H](O)CO)OC(O)(C(=O)O)C[C@@H]1O. The molecule has 1 saturated heterocycles. The standard InChI is InChI=1S/C11H18N4O9/c12-15-13-2-6(19)14-7-4(17)1-11(23,10(21)22)24-9(7)8(20)5(18)3-16/h4-5,7-9,16-18,20,23H,1-3H2,(H,14,19)(H,21,22)/t4-,5+,7+,8+,9+,11?/m0/s1. The molecule has 1 aliphatic rings. The number of azide groups is 1. The Hall–Kier alpha value is -1.99. The molecule has 0 bridgehead atoms. The van der Waals surface area contributed by atoms with Gasteiger partial charge in [0.25, 0.3) is 5.79 Å². The molecule has 0 aromatic rings. The lowest BCUT2D eigenvalue weighted by Gasteiger charge is -2.44. The molecule has 7 N–H and O–H groups in total. The minimum absolute atomic E-state index is 0.645. The number of ether oxygens (including phenoxy) is 1. The Balaban J connectivity index is 3.06. The van der Waals surface area contributed by atoms with E-state index in [-0.39, 0.29) is 0 Å². The van der Waals surface area contributed by atoms with Crippen LogP contribution >= 0.6 is 0 Å². The molecule has 136 valence electrons. The lowest BCUT2D eigenvalue weighted by Crippen LogP contribution is -2.67. The van der Waals surface area contributed by atoms with Crippen LogP contribution in [-0.2, 0) is 14.3 Å². The minimum atomic E-state index is -2.87. The summed E-state index contributed by atoms with van der Waals surface area (Å²) in [7, 11) is 0. The zero-order chi connectivity index (χ0) is 18.5. The van der Waals surface area contributed by atoms with Gasteiger partial charge in [0.2, 0.25) is 5.91 Å². The Morgan fingerprint density at radius 3 is 2.58 bits per heavy atom. The molecule has 1 amide bonds. The van der Waals surface area contributed by atoms with E-state index in [9.17, 15) is 30.0 Å². The van der Waals surface area contributed by atoms with Gasteiger partial charge in [0.1, 0.15) is 24.9 Å². The van der Waals surface area contributed by atoms with E-state index in [2.05, 4.69) is 15.3 Å². The van der Waals surface area contributed by atoms with Gasteiger partial charge >= 0.3 is 5.97 Å².